The fourth-order valence-corrected chi connectivity index (χ4v) is 6.68. The largest absolute Gasteiger partial charge is 0.481 e. The fourth-order valence-electron chi connectivity index (χ4n) is 5.48. The molecule has 2 atom stereocenters. The zero-order valence-corrected chi connectivity index (χ0v) is 20.9. The van der Waals surface area contributed by atoms with Gasteiger partial charge in [-0.15, -0.1) is 0 Å². The van der Waals surface area contributed by atoms with E-state index in [0.717, 1.165) is 24.1 Å². The van der Waals surface area contributed by atoms with Crippen LogP contribution in [0.25, 0.3) is 11.3 Å². The van der Waals surface area contributed by atoms with Crippen molar-refractivity contribution in [3.63, 3.8) is 0 Å². The van der Waals surface area contributed by atoms with Crippen LogP contribution in [0, 0.1) is 5.92 Å². The van der Waals surface area contributed by atoms with Crippen LogP contribution in [0.15, 0.2) is 28.7 Å². The summed E-state index contributed by atoms with van der Waals surface area (Å²) in [6.45, 7) is 1.11. The zero-order chi connectivity index (χ0) is 25.5. The molecule has 2 saturated heterocycles. The van der Waals surface area contributed by atoms with E-state index >= 15 is 0 Å². The van der Waals surface area contributed by atoms with Crippen molar-refractivity contribution in [1.82, 2.24) is 4.98 Å². The molecular formula is C25H31F2N3O5S. The number of rotatable bonds is 5. The maximum absolute atomic E-state index is 13.7. The van der Waals surface area contributed by atoms with E-state index in [2.05, 4.69) is 0 Å². The van der Waals surface area contributed by atoms with Crippen LogP contribution in [0.3, 0.4) is 0 Å². The van der Waals surface area contributed by atoms with Gasteiger partial charge in [-0.25, -0.2) is 17.2 Å². The van der Waals surface area contributed by atoms with Crippen LogP contribution in [0.1, 0.15) is 50.2 Å². The van der Waals surface area contributed by atoms with Crippen LogP contribution in [0.2, 0.25) is 0 Å². The SMILES string of the molecule is O=C(O)[C@@H]1CCCC[C@H]1c1oc(N2CCC(F)(F)CC2)nc1-c1ccc(N2CCS(=O)(=O)CC2)cc1. The molecule has 3 aliphatic rings. The van der Waals surface area contributed by atoms with Crippen LogP contribution in [-0.4, -0.2) is 68.1 Å². The van der Waals surface area contributed by atoms with Crippen molar-refractivity contribution in [2.45, 2.75) is 50.4 Å². The van der Waals surface area contributed by atoms with Crippen molar-refractivity contribution in [2.24, 2.45) is 5.92 Å². The molecule has 1 saturated carbocycles. The third kappa shape index (κ3) is 5.21. The maximum Gasteiger partial charge on any atom is 0.307 e. The minimum absolute atomic E-state index is 0.121. The number of nitrogens with zero attached hydrogens (tertiary/aromatic N) is 3. The summed E-state index contributed by atoms with van der Waals surface area (Å²) in [6.07, 6.45) is 2.39. The molecule has 5 rings (SSSR count). The molecule has 3 fully saturated rings. The van der Waals surface area contributed by atoms with E-state index in [4.69, 9.17) is 9.40 Å². The number of aromatic nitrogens is 1. The molecule has 2 aromatic rings. The van der Waals surface area contributed by atoms with Gasteiger partial charge in [-0.05, 0) is 25.0 Å². The fraction of sp³-hybridized carbons (Fsp3) is 0.600. The number of oxazole rings is 1. The highest BCUT2D eigenvalue weighted by Gasteiger charge is 2.39. The van der Waals surface area contributed by atoms with Gasteiger partial charge in [0.15, 0.2) is 9.84 Å². The van der Waals surface area contributed by atoms with E-state index in [1.807, 2.05) is 29.2 Å². The third-order valence-corrected chi connectivity index (χ3v) is 9.29. The Kier molecular flexibility index (Phi) is 6.69. The quantitative estimate of drug-likeness (QED) is 0.623. The predicted molar refractivity (Wildman–Crippen MR) is 132 cm³/mol. The van der Waals surface area contributed by atoms with Crippen LogP contribution < -0.4 is 9.80 Å². The van der Waals surface area contributed by atoms with Gasteiger partial charge in [-0.2, -0.15) is 4.98 Å². The highest BCUT2D eigenvalue weighted by Crippen LogP contribution is 2.44. The first-order valence-corrected chi connectivity index (χ1v) is 14.4. The van der Waals surface area contributed by atoms with E-state index in [9.17, 15) is 27.1 Å². The third-order valence-electron chi connectivity index (χ3n) is 7.68. The molecule has 2 aliphatic heterocycles. The first-order valence-electron chi connectivity index (χ1n) is 12.5. The predicted octanol–water partition coefficient (Wildman–Crippen LogP) is 4.17. The lowest BCUT2D eigenvalue weighted by Gasteiger charge is -2.30. The average molecular weight is 524 g/mol. The summed E-state index contributed by atoms with van der Waals surface area (Å²) in [5.74, 6) is -3.74. The average Bonchev–Trinajstić information content (AvgIpc) is 3.29. The van der Waals surface area contributed by atoms with Crippen molar-refractivity contribution in [3.05, 3.63) is 30.0 Å². The molecule has 0 bridgehead atoms. The maximum atomic E-state index is 13.7. The van der Waals surface area contributed by atoms with E-state index in [-0.39, 0.29) is 49.4 Å². The monoisotopic (exact) mass is 523 g/mol. The van der Waals surface area contributed by atoms with Crippen LogP contribution >= 0.6 is 0 Å². The minimum atomic E-state index is -2.98. The molecule has 8 nitrogen and oxygen atoms in total. The summed E-state index contributed by atoms with van der Waals surface area (Å²) in [6, 6.07) is 7.83. The summed E-state index contributed by atoms with van der Waals surface area (Å²) in [5, 5.41) is 9.86. The van der Waals surface area contributed by atoms with Gasteiger partial charge < -0.3 is 19.3 Å². The Morgan fingerprint density at radius 1 is 1.00 bits per heavy atom. The van der Waals surface area contributed by atoms with Crippen molar-refractivity contribution >= 4 is 27.5 Å². The normalized spacial score (nSPS) is 26.1. The molecule has 0 unspecified atom stereocenters. The molecule has 196 valence electrons. The van der Waals surface area contributed by atoms with Gasteiger partial charge in [0.25, 0.3) is 11.9 Å². The van der Waals surface area contributed by atoms with Gasteiger partial charge in [0, 0.05) is 56.2 Å². The molecule has 36 heavy (non-hydrogen) atoms. The second-order valence-corrected chi connectivity index (χ2v) is 12.4. The van der Waals surface area contributed by atoms with Gasteiger partial charge in [0.2, 0.25) is 0 Å². The summed E-state index contributed by atoms with van der Waals surface area (Å²) >= 11 is 0. The number of carbonyl (C=O) groups is 1. The van der Waals surface area contributed by atoms with Crippen LogP contribution in [0.4, 0.5) is 20.5 Å². The zero-order valence-electron chi connectivity index (χ0n) is 20.0. The van der Waals surface area contributed by atoms with Gasteiger partial charge in [-0.1, -0.05) is 25.0 Å². The number of piperidine rings is 1. The van der Waals surface area contributed by atoms with Crippen molar-refractivity contribution in [3.8, 4) is 11.3 Å². The lowest BCUT2D eigenvalue weighted by molar-refractivity contribution is -0.143. The molecule has 1 aromatic carbocycles. The molecule has 0 radical (unpaired) electrons. The number of aliphatic carboxylic acids is 1. The summed E-state index contributed by atoms with van der Waals surface area (Å²) in [7, 11) is -2.98. The van der Waals surface area contributed by atoms with E-state index in [0.29, 0.717) is 37.4 Å². The number of hydrogen-bond acceptors (Lipinski definition) is 7. The molecule has 3 heterocycles. The highest BCUT2D eigenvalue weighted by atomic mass is 32.2. The standard InChI is InChI=1S/C25H31F2N3O5S/c26-25(27)9-11-30(12-10-25)24-28-21(22(35-24)19-3-1-2-4-20(19)23(31)32)17-5-7-18(8-6-17)29-13-15-36(33,34)16-14-29/h5-8,19-20H,1-4,9-16H2,(H,31,32)/t19-,20-/m1/s1. The first-order chi connectivity index (χ1) is 17.1. The Morgan fingerprint density at radius 3 is 2.28 bits per heavy atom. The Balaban J connectivity index is 1.46. The highest BCUT2D eigenvalue weighted by molar-refractivity contribution is 7.91. The second kappa shape index (κ2) is 9.64. The topological polar surface area (TPSA) is 104 Å². The molecule has 1 N–H and O–H groups in total. The first kappa shape index (κ1) is 25.0. The number of sulfone groups is 1. The summed E-state index contributed by atoms with van der Waals surface area (Å²) < 4.78 is 57.2. The van der Waals surface area contributed by atoms with Gasteiger partial charge in [0.1, 0.15) is 11.5 Å². The molecule has 1 aliphatic carbocycles. The number of anilines is 2. The Labute approximate surface area is 209 Å². The number of benzene rings is 1. The van der Waals surface area contributed by atoms with Gasteiger partial charge in [-0.3, -0.25) is 4.79 Å². The molecule has 1 aromatic heterocycles. The van der Waals surface area contributed by atoms with Crippen molar-refractivity contribution in [1.29, 1.82) is 0 Å². The number of halogens is 2. The molecular weight excluding hydrogens is 492 g/mol. The minimum Gasteiger partial charge on any atom is -0.481 e. The number of carboxylic acids is 1. The van der Waals surface area contributed by atoms with Gasteiger partial charge >= 0.3 is 5.97 Å². The summed E-state index contributed by atoms with van der Waals surface area (Å²) in [4.78, 5) is 20.5. The Hall–Kier alpha value is -2.69. The van der Waals surface area contributed by atoms with Crippen LogP contribution in [-0.2, 0) is 14.6 Å². The number of hydrogen-bond donors (Lipinski definition) is 1. The molecule has 11 heteroatoms. The second-order valence-electron chi connectivity index (χ2n) is 10.1. The van der Waals surface area contributed by atoms with Crippen LogP contribution in [0.5, 0.6) is 0 Å². The smallest absolute Gasteiger partial charge is 0.307 e. The lowest BCUT2D eigenvalue weighted by Crippen LogP contribution is -2.40. The molecule has 0 spiro atoms. The van der Waals surface area contributed by atoms with Crippen molar-refractivity contribution < 1.29 is 31.5 Å². The lowest BCUT2D eigenvalue weighted by atomic mass is 9.77. The van der Waals surface area contributed by atoms with Gasteiger partial charge in [0.05, 0.1) is 17.4 Å². The Morgan fingerprint density at radius 2 is 1.64 bits per heavy atom. The number of alkyl halides is 2. The Bertz CT molecular complexity index is 1190. The number of carboxylic acid groups (broad SMARTS) is 1. The van der Waals surface area contributed by atoms with E-state index < -0.39 is 27.6 Å². The van der Waals surface area contributed by atoms with E-state index in [1.165, 1.54) is 0 Å². The summed E-state index contributed by atoms with van der Waals surface area (Å²) in [5.41, 5.74) is 2.21. The molecule has 0 amide bonds. The van der Waals surface area contributed by atoms with E-state index in [1.54, 1.807) is 4.90 Å². The van der Waals surface area contributed by atoms with Crippen molar-refractivity contribution in [2.75, 3.05) is 47.5 Å².